The number of hydrogen-bond acceptors (Lipinski definition) is 3. The Morgan fingerprint density at radius 3 is 2.50 bits per heavy atom. The summed E-state index contributed by atoms with van der Waals surface area (Å²) >= 11 is 0. The Balaban J connectivity index is 3.84. The third kappa shape index (κ3) is 4.61. The summed E-state index contributed by atoms with van der Waals surface area (Å²) in [6.07, 6.45) is 0. The molecule has 3 N–H and O–H groups in total. The quantitative estimate of drug-likeness (QED) is 0.516. The van der Waals surface area contributed by atoms with Gasteiger partial charge in [-0.2, -0.15) is 0 Å². The number of carbonyl (C=O) groups excluding carboxylic acids is 1. The van der Waals surface area contributed by atoms with Crippen molar-refractivity contribution in [3.05, 3.63) is 12.2 Å². The smallest absolute Gasteiger partial charge is 0.332 e. The number of aliphatic carboxylic acids is 1. The van der Waals surface area contributed by atoms with E-state index in [9.17, 15) is 9.59 Å². The maximum atomic E-state index is 11.2. The maximum Gasteiger partial charge on any atom is 0.332 e. The second-order valence-corrected chi connectivity index (χ2v) is 2.91. The third-order valence-corrected chi connectivity index (χ3v) is 1.67. The first-order chi connectivity index (χ1) is 6.49. The zero-order valence-electron chi connectivity index (χ0n) is 8.46. The van der Waals surface area contributed by atoms with Crippen LogP contribution in [0.4, 0.5) is 0 Å². The second-order valence-electron chi connectivity index (χ2n) is 2.91. The van der Waals surface area contributed by atoms with Gasteiger partial charge in [-0.25, -0.2) is 4.79 Å². The van der Waals surface area contributed by atoms with Crippen LogP contribution in [-0.4, -0.2) is 36.1 Å². The lowest BCUT2D eigenvalue weighted by molar-refractivity contribution is -0.132. The van der Waals surface area contributed by atoms with E-state index in [1.54, 1.807) is 6.92 Å². The van der Waals surface area contributed by atoms with Gasteiger partial charge in [0.25, 0.3) is 0 Å². The predicted octanol–water partition coefficient (Wildman–Crippen LogP) is -0.259. The number of nitrogens with one attached hydrogen (secondary N) is 2. The average Bonchev–Trinajstić information content (AvgIpc) is 2.13. The largest absolute Gasteiger partial charge is 0.478 e. The van der Waals surface area contributed by atoms with Gasteiger partial charge in [0.2, 0.25) is 5.91 Å². The van der Waals surface area contributed by atoms with Crippen LogP contribution in [-0.2, 0) is 9.59 Å². The van der Waals surface area contributed by atoms with Gasteiger partial charge in [-0.3, -0.25) is 4.79 Å². The van der Waals surface area contributed by atoms with Gasteiger partial charge < -0.3 is 15.7 Å². The number of carboxylic acid groups (broad SMARTS) is 1. The van der Waals surface area contributed by atoms with Crippen molar-refractivity contribution in [2.45, 2.75) is 19.9 Å². The fourth-order valence-electron chi connectivity index (χ4n) is 0.772. The molecule has 0 bridgehead atoms. The normalized spacial score (nSPS) is 11.9. The molecule has 0 rings (SSSR count). The Kier molecular flexibility index (Phi) is 5.55. The van der Waals surface area contributed by atoms with E-state index in [2.05, 4.69) is 17.2 Å². The lowest BCUT2D eigenvalue weighted by atomic mass is 10.2. The molecule has 1 unspecified atom stereocenters. The van der Waals surface area contributed by atoms with E-state index in [1.165, 1.54) is 0 Å². The molecular formula is C9H16N2O3. The molecular weight excluding hydrogens is 184 g/mol. The minimum absolute atomic E-state index is 0.0427. The standard InChI is InChI=1S/C9H16N2O3/c1-4-10-8(12)7(3)11-5-6(2)9(13)14/h7,11H,2,4-5H2,1,3H3,(H,10,12)(H,13,14). The van der Waals surface area contributed by atoms with Gasteiger partial charge in [-0.1, -0.05) is 6.58 Å². The number of carbonyl (C=O) groups is 2. The SMILES string of the molecule is C=C(CNC(C)C(=O)NCC)C(=O)O. The first-order valence-corrected chi connectivity index (χ1v) is 4.41. The topological polar surface area (TPSA) is 78.4 Å². The van der Waals surface area contributed by atoms with Crippen LogP contribution in [0.3, 0.4) is 0 Å². The number of carboxylic acids is 1. The molecule has 5 nitrogen and oxygen atoms in total. The van der Waals surface area contributed by atoms with Gasteiger partial charge >= 0.3 is 5.97 Å². The molecule has 1 atom stereocenters. The second kappa shape index (κ2) is 6.15. The summed E-state index contributed by atoms with van der Waals surface area (Å²) in [7, 11) is 0. The fourth-order valence-corrected chi connectivity index (χ4v) is 0.772. The molecule has 0 fully saturated rings. The minimum atomic E-state index is -1.06. The molecule has 5 heteroatoms. The molecule has 1 amide bonds. The summed E-state index contributed by atoms with van der Waals surface area (Å²) < 4.78 is 0. The highest BCUT2D eigenvalue weighted by Crippen LogP contribution is 1.89. The Morgan fingerprint density at radius 1 is 1.50 bits per heavy atom. The summed E-state index contributed by atoms with van der Waals surface area (Å²) in [5.41, 5.74) is 0.0427. The number of rotatable bonds is 6. The predicted molar refractivity (Wildman–Crippen MR) is 52.9 cm³/mol. The lowest BCUT2D eigenvalue weighted by Crippen LogP contribution is -2.43. The highest BCUT2D eigenvalue weighted by molar-refractivity contribution is 5.86. The summed E-state index contributed by atoms with van der Waals surface area (Å²) in [4.78, 5) is 21.5. The molecule has 14 heavy (non-hydrogen) atoms. The Bertz CT molecular complexity index is 238. The summed E-state index contributed by atoms with van der Waals surface area (Å²) in [6.45, 7) is 7.49. The van der Waals surface area contributed by atoms with E-state index < -0.39 is 12.0 Å². The van der Waals surface area contributed by atoms with Gasteiger partial charge in [-0.15, -0.1) is 0 Å². The summed E-state index contributed by atoms with van der Waals surface area (Å²) in [6, 6.07) is -0.411. The molecule has 0 aromatic carbocycles. The van der Waals surface area contributed by atoms with Crippen LogP contribution in [0.15, 0.2) is 12.2 Å². The van der Waals surface area contributed by atoms with Crippen LogP contribution in [0.1, 0.15) is 13.8 Å². The van der Waals surface area contributed by atoms with Gasteiger partial charge in [0.05, 0.1) is 6.04 Å². The molecule has 0 saturated heterocycles. The van der Waals surface area contributed by atoms with Crippen LogP contribution in [0.5, 0.6) is 0 Å². The molecule has 0 aromatic rings. The molecule has 0 aromatic heterocycles. The van der Waals surface area contributed by atoms with Crippen molar-refractivity contribution >= 4 is 11.9 Å². The monoisotopic (exact) mass is 200 g/mol. The zero-order chi connectivity index (χ0) is 11.1. The molecule has 0 aliphatic heterocycles. The van der Waals surface area contributed by atoms with E-state index in [1.807, 2.05) is 6.92 Å². The molecule has 0 aliphatic carbocycles. The van der Waals surface area contributed by atoms with Gasteiger partial charge in [0.1, 0.15) is 0 Å². The fraction of sp³-hybridized carbons (Fsp3) is 0.556. The minimum Gasteiger partial charge on any atom is -0.478 e. The number of likely N-dealkylation sites (N-methyl/N-ethyl adjacent to an activating group) is 1. The van der Waals surface area contributed by atoms with E-state index >= 15 is 0 Å². The van der Waals surface area contributed by atoms with Crippen LogP contribution in [0, 0.1) is 0 Å². The van der Waals surface area contributed by atoms with Gasteiger partial charge in [0.15, 0.2) is 0 Å². The van der Waals surface area contributed by atoms with Crippen molar-refractivity contribution in [2.24, 2.45) is 0 Å². The first kappa shape index (κ1) is 12.6. The molecule has 0 saturated carbocycles. The number of amides is 1. The molecule has 80 valence electrons. The van der Waals surface area contributed by atoms with Crippen LogP contribution < -0.4 is 10.6 Å². The summed E-state index contributed by atoms with van der Waals surface area (Å²) in [5.74, 6) is -1.20. The van der Waals surface area contributed by atoms with Crippen molar-refractivity contribution < 1.29 is 14.7 Å². The van der Waals surface area contributed by atoms with Crippen molar-refractivity contribution in [1.82, 2.24) is 10.6 Å². The zero-order valence-corrected chi connectivity index (χ0v) is 8.46. The van der Waals surface area contributed by atoms with Crippen LogP contribution in [0.2, 0.25) is 0 Å². The Labute approximate surface area is 83.2 Å². The average molecular weight is 200 g/mol. The highest BCUT2D eigenvalue weighted by atomic mass is 16.4. The van der Waals surface area contributed by atoms with Crippen LogP contribution >= 0.6 is 0 Å². The molecule has 0 spiro atoms. The highest BCUT2D eigenvalue weighted by Gasteiger charge is 2.12. The molecule has 0 radical (unpaired) electrons. The molecule has 0 aliphatic rings. The summed E-state index contributed by atoms with van der Waals surface area (Å²) in [5, 5.41) is 13.9. The maximum absolute atomic E-state index is 11.2. The Morgan fingerprint density at radius 2 is 2.07 bits per heavy atom. The van der Waals surface area contributed by atoms with E-state index in [0.717, 1.165) is 0 Å². The van der Waals surface area contributed by atoms with E-state index in [-0.39, 0.29) is 18.0 Å². The number of hydrogen-bond donors (Lipinski definition) is 3. The van der Waals surface area contributed by atoms with Gasteiger partial charge in [0, 0.05) is 18.7 Å². The Hall–Kier alpha value is -1.36. The van der Waals surface area contributed by atoms with Crippen molar-refractivity contribution in [1.29, 1.82) is 0 Å². The first-order valence-electron chi connectivity index (χ1n) is 4.41. The van der Waals surface area contributed by atoms with Crippen molar-refractivity contribution in [2.75, 3.05) is 13.1 Å². The van der Waals surface area contributed by atoms with E-state index in [4.69, 9.17) is 5.11 Å². The van der Waals surface area contributed by atoms with Gasteiger partial charge in [-0.05, 0) is 13.8 Å². The van der Waals surface area contributed by atoms with Crippen molar-refractivity contribution in [3.8, 4) is 0 Å². The lowest BCUT2D eigenvalue weighted by Gasteiger charge is -2.12. The van der Waals surface area contributed by atoms with E-state index in [0.29, 0.717) is 6.54 Å². The van der Waals surface area contributed by atoms with Crippen molar-refractivity contribution in [3.63, 3.8) is 0 Å². The molecule has 0 heterocycles. The van der Waals surface area contributed by atoms with Crippen LogP contribution in [0.25, 0.3) is 0 Å². The third-order valence-electron chi connectivity index (χ3n) is 1.67.